The predicted molar refractivity (Wildman–Crippen MR) is 45.7 cm³/mol. The van der Waals surface area contributed by atoms with Crippen LogP contribution in [0.4, 0.5) is 0 Å². The molecule has 10 nitrogen and oxygen atoms in total. The number of esters is 1. The van der Waals surface area contributed by atoms with Crippen LogP contribution >= 0.6 is 0 Å². The molecule has 1 heterocycles. The van der Waals surface area contributed by atoms with Gasteiger partial charge in [-0.25, -0.2) is 4.79 Å². The van der Waals surface area contributed by atoms with E-state index >= 15 is 0 Å². The summed E-state index contributed by atoms with van der Waals surface area (Å²) in [6.45, 7) is -0.671. The van der Waals surface area contributed by atoms with Crippen molar-refractivity contribution in [2.24, 2.45) is 0 Å². The number of cyclic esters (lactones) is 1. The quantitative estimate of drug-likeness (QED) is 0.165. The van der Waals surface area contributed by atoms with Crippen molar-refractivity contribution in [3.8, 4) is 0 Å². The molecule has 1 unspecified atom stereocenters. The molecule has 0 aromatic carbocycles. The number of rotatable bonds is 2. The summed E-state index contributed by atoms with van der Waals surface area (Å²) >= 11 is 0. The molecule has 0 spiro atoms. The fraction of sp³-hybridized carbons (Fsp3) is 0.500. The van der Waals surface area contributed by atoms with Crippen LogP contribution < -0.4 is 59.1 Å². The fourth-order valence-electron chi connectivity index (χ4n) is 0.823. The van der Waals surface area contributed by atoms with Crippen LogP contribution in [0.2, 0.25) is 0 Å². The summed E-state index contributed by atoms with van der Waals surface area (Å²) in [6, 6.07) is 0. The maximum Gasteiger partial charge on any atom is 1.00 e. The third kappa shape index (κ3) is 10.0. The fourth-order valence-corrected chi connectivity index (χ4v) is 0.823. The van der Waals surface area contributed by atoms with Crippen LogP contribution in [0.3, 0.4) is 0 Å². The van der Waals surface area contributed by atoms with E-state index in [0.29, 0.717) is 0 Å². The van der Waals surface area contributed by atoms with Crippen molar-refractivity contribution >= 4 is 16.4 Å². The molecule has 0 bridgehead atoms. The Morgan fingerprint density at radius 3 is 1.84 bits per heavy atom. The molecular weight excluding hydrogens is 310 g/mol. The summed E-state index contributed by atoms with van der Waals surface area (Å²) in [4.78, 5) is 10.5. The molecular formula is C6H8Na2O10S. The standard InChI is InChI=1S/C6H8O6.2Na.H2O4S/c7-1-2(8)5-3(9)4(10)6(11)12-5;;;1-5(2,3)4/h2,5,7-10H,1H2;;;(H2,1,2,3,4)/q;2*+1;/p-2/t2?,5-;;;/m1.../s1. The maximum atomic E-state index is 10.5. The van der Waals surface area contributed by atoms with Crippen molar-refractivity contribution in [1.29, 1.82) is 0 Å². The van der Waals surface area contributed by atoms with E-state index in [2.05, 4.69) is 4.74 Å². The Bertz CT molecular complexity index is 410. The Balaban J connectivity index is -0.000000320. The summed E-state index contributed by atoms with van der Waals surface area (Å²) < 4.78 is 38.4. The summed E-state index contributed by atoms with van der Waals surface area (Å²) in [6.07, 6.45) is -2.78. The minimum Gasteiger partial charge on any atom is -0.759 e. The van der Waals surface area contributed by atoms with Crippen LogP contribution in [0.15, 0.2) is 11.5 Å². The number of ether oxygens (including phenoxy) is 1. The number of aliphatic hydroxyl groups is 4. The first-order valence-electron chi connectivity index (χ1n) is 3.86. The van der Waals surface area contributed by atoms with E-state index in [1.165, 1.54) is 0 Å². The molecule has 2 atom stereocenters. The Morgan fingerprint density at radius 2 is 1.63 bits per heavy atom. The summed E-state index contributed by atoms with van der Waals surface area (Å²) in [7, 11) is -5.17. The first-order chi connectivity index (χ1) is 7.57. The van der Waals surface area contributed by atoms with Crippen molar-refractivity contribution in [3.63, 3.8) is 0 Å². The van der Waals surface area contributed by atoms with Crippen LogP contribution in [0.1, 0.15) is 0 Å². The topological polar surface area (TPSA) is 187 Å². The van der Waals surface area contributed by atoms with Gasteiger partial charge in [0.25, 0.3) is 0 Å². The first-order valence-corrected chi connectivity index (χ1v) is 5.20. The molecule has 100 valence electrons. The third-order valence-corrected chi connectivity index (χ3v) is 1.48. The maximum absolute atomic E-state index is 10.5. The van der Waals surface area contributed by atoms with Gasteiger partial charge >= 0.3 is 65.1 Å². The van der Waals surface area contributed by atoms with E-state index in [0.717, 1.165) is 0 Å². The van der Waals surface area contributed by atoms with Gasteiger partial charge in [0.1, 0.15) is 6.10 Å². The molecule has 0 aliphatic carbocycles. The largest absolute Gasteiger partial charge is 1.00 e. The zero-order valence-electron chi connectivity index (χ0n) is 10.0. The van der Waals surface area contributed by atoms with E-state index in [1.807, 2.05) is 0 Å². The smallest absolute Gasteiger partial charge is 0.759 e. The molecule has 19 heavy (non-hydrogen) atoms. The van der Waals surface area contributed by atoms with Crippen LogP contribution in [-0.4, -0.2) is 62.7 Å². The molecule has 1 aliphatic heterocycles. The van der Waals surface area contributed by atoms with E-state index in [-0.39, 0.29) is 59.1 Å². The molecule has 0 amide bonds. The Morgan fingerprint density at radius 1 is 1.26 bits per heavy atom. The Labute approximate surface area is 152 Å². The van der Waals surface area contributed by atoms with Crippen molar-refractivity contribution in [1.82, 2.24) is 0 Å². The zero-order valence-corrected chi connectivity index (χ0v) is 14.8. The second-order valence-electron chi connectivity index (χ2n) is 2.72. The van der Waals surface area contributed by atoms with Gasteiger partial charge < -0.3 is 34.3 Å². The average molecular weight is 318 g/mol. The van der Waals surface area contributed by atoms with E-state index < -0.39 is 46.7 Å². The van der Waals surface area contributed by atoms with Gasteiger partial charge in [-0.2, -0.15) is 0 Å². The van der Waals surface area contributed by atoms with Gasteiger partial charge in [-0.15, -0.1) is 0 Å². The molecule has 0 aromatic rings. The van der Waals surface area contributed by atoms with Crippen LogP contribution in [-0.2, 0) is 19.9 Å². The second kappa shape index (κ2) is 10.3. The monoisotopic (exact) mass is 318 g/mol. The molecule has 1 aliphatic rings. The van der Waals surface area contributed by atoms with Crippen molar-refractivity contribution in [2.75, 3.05) is 6.61 Å². The number of carbonyl (C=O) groups is 1. The number of hydrogen-bond acceptors (Lipinski definition) is 10. The third-order valence-electron chi connectivity index (χ3n) is 1.48. The van der Waals surface area contributed by atoms with Crippen molar-refractivity contribution in [3.05, 3.63) is 11.5 Å². The second-order valence-corrected chi connectivity index (χ2v) is 3.53. The summed E-state index contributed by atoms with van der Waals surface area (Å²) in [5.41, 5.74) is 0. The number of hydrogen-bond donors (Lipinski definition) is 4. The molecule has 0 radical (unpaired) electrons. The summed E-state index contributed by atoms with van der Waals surface area (Å²) in [5.74, 6) is -2.78. The predicted octanol–water partition coefficient (Wildman–Crippen LogP) is -8.74. The minimum atomic E-state index is -5.17. The molecule has 0 saturated carbocycles. The van der Waals surface area contributed by atoms with Gasteiger partial charge in [-0.1, -0.05) is 0 Å². The number of aliphatic hydroxyl groups excluding tert-OH is 4. The first kappa shape index (κ1) is 24.6. The average Bonchev–Trinajstić information content (AvgIpc) is 2.42. The van der Waals surface area contributed by atoms with E-state index in [1.54, 1.807) is 0 Å². The molecule has 1 rings (SSSR count). The molecule has 0 aromatic heterocycles. The van der Waals surface area contributed by atoms with Gasteiger partial charge in [-0.05, 0) is 0 Å². The Hall–Kier alpha value is 0.600. The van der Waals surface area contributed by atoms with Crippen LogP contribution in [0.25, 0.3) is 0 Å². The van der Waals surface area contributed by atoms with Gasteiger partial charge in [0.05, 0.1) is 6.61 Å². The van der Waals surface area contributed by atoms with Gasteiger partial charge in [-0.3, -0.25) is 8.42 Å². The van der Waals surface area contributed by atoms with Crippen molar-refractivity contribution < 1.29 is 107 Å². The molecule has 0 saturated heterocycles. The number of carbonyl (C=O) groups excluding carboxylic acids is 1. The normalized spacial score (nSPS) is 19.4. The van der Waals surface area contributed by atoms with Crippen LogP contribution in [0.5, 0.6) is 0 Å². The SMILES string of the molecule is O=C1O[C@H](C(O)CO)C(O)=C1O.O=S(=O)([O-])[O-].[Na+].[Na+]. The molecule has 13 heteroatoms. The molecule has 4 N–H and O–H groups in total. The zero-order chi connectivity index (χ0) is 13.8. The van der Waals surface area contributed by atoms with Gasteiger partial charge in [0, 0.05) is 10.4 Å². The molecule has 0 fully saturated rings. The van der Waals surface area contributed by atoms with Crippen molar-refractivity contribution in [2.45, 2.75) is 12.2 Å². The van der Waals surface area contributed by atoms with E-state index in [4.69, 9.17) is 37.9 Å². The van der Waals surface area contributed by atoms with E-state index in [9.17, 15) is 4.79 Å². The Kier molecular flexibility index (Phi) is 13.4. The summed E-state index contributed by atoms with van der Waals surface area (Å²) in [5, 5.41) is 35.0. The van der Waals surface area contributed by atoms with Crippen LogP contribution in [0, 0.1) is 0 Å². The minimum absolute atomic E-state index is 0. The van der Waals surface area contributed by atoms with Gasteiger partial charge in [0.2, 0.25) is 5.76 Å². The van der Waals surface area contributed by atoms with Gasteiger partial charge in [0.15, 0.2) is 11.9 Å².